The van der Waals surface area contributed by atoms with Crippen molar-refractivity contribution in [1.82, 2.24) is 5.43 Å². The maximum atomic E-state index is 11.9. The third-order valence-electron chi connectivity index (χ3n) is 3.51. The lowest BCUT2D eigenvalue weighted by Gasteiger charge is -2.19. The van der Waals surface area contributed by atoms with Crippen LogP contribution in [0.15, 0.2) is 29.4 Å². The van der Waals surface area contributed by atoms with Crippen molar-refractivity contribution in [3.8, 4) is 0 Å². The molecule has 6 heteroatoms. The van der Waals surface area contributed by atoms with Gasteiger partial charge in [0.25, 0.3) is 11.6 Å². The molecule has 0 aromatic heterocycles. The summed E-state index contributed by atoms with van der Waals surface area (Å²) >= 11 is 0. The summed E-state index contributed by atoms with van der Waals surface area (Å²) in [5.74, 6) is -0.0341. The number of nitro benzene ring substituents is 1. The highest BCUT2D eigenvalue weighted by atomic mass is 16.6. The molecule has 1 aromatic carbocycles. The number of nitrogens with zero attached hydrogens (tertiary/aromatic N) is 2. The molecule has 0 spiro atoms. The number of carbonyl (C=O) groups excluding carboxylic acids is 1. The minimum atomic E-state index is -0.522. The van der Waals surface area contributed by atoms with Crippen molar-refractivity contribution >= 4 is 17.3 Å². The predicted octanol–water partition coefficient (Wildman–Crippen LogP) is 2.89. The SMILES string of the molecule is CC1CCCC/C1=N/NC(=O)c1cccc([N+](=O)[O-])c1. The second kappa shape index (κ2) is 6.27. The Hall–Kier alpha value is -2.24. The Labute approximate surface area is 117 Å². The van der Waals surface area contributed by atoms with Crippen LogP contribution in [0.1, 0.15) is 43.0 Å². The van der Waals surface area contributed by atoms with Gasteiger partial charge in [-0.1, -0.05) is 19.4 Å². The summed E-state index contributed by atoms with van der Waals surface area (Å²) in [7, 11) is 0. The second-order valence-electron chi connectivity index (χ2n) is 5.00. The number of amides is 1. The smallest absolute Gasteiger partial charge is 0.267 e. The number of hydrogen-bond donors (Lipinski definition) is 1. The average Bonchev–Trinajstić information content (AvgIpc) is 2.46. The number of hydrogen-bond acceptors (Lipinski definition) is 4. The van der Waals surface area contributed by atoms with Crippen LogP contribution < -0.4 is 5.43 Å². The number of carbonyl (C=O) groups is 1. The van der Waals surface area contributed by atoms with Gasteiger partial charge in [-0.3, -0.25) is 14.9 Å². The van der Waals surface area contributed by atoms with E-state index in [9.17, 15) is 14.9 Å². The van der Waals surface area contributed by atoms with Gasteiger partial charge in [0.05, 0.1) is 4.92 Å². The van der Waals surface area contributed by atoms with Crippen LogP contribution in [-0.4, -0.2) is 16.5 Å². The molecule has 2 rings (SSSR count). The van der Waals surface area contributed by atoms with Crippen LogP contribution >= 0.6 is 0 Å². The van der Waals surface area contributed by atoms with Crippen molar-refractivity contribution in [1.29, 1.82) is 0 Å². The molecule has 0 saturated heterocycles. The van der Waals surface area contributed by atoms with Gasteiger partial charge in [0.2, 0.25) is 0 Å². The quantitative estimate of drug-likeness (QED) is 0.680. The van der Waals surface area contributed by atoms with Crippen molar-refractivity contribution in [2.75, 3.05) is 0 Å². The molecule has 106 valence electrons. The van der Waals surface area contributed by atoms with Crippen molar-refractivity contribution in [2.24, 2.45) is 11.0 Å². The number of nitro groups is 1. The van der Waals surface area contributed by atoms with Gasteiger partial charge in [-0.15, -0.1) is 0 Å². The first-order chi connectivity index (χ1) is 9.58. The fourth-order valence-corrected chi connectivity index (χ4v) is 2.28. The van der Waals surface area contributed by atoms with Gasteiger partial charge in [-0.25, -0.2) is 5.43 Å². The Kier molecular flexibility index (Phi) is 4.45. The predicted molar refractivity (Wildman–Crippen MR) is 75.6 cm³/mol. The van der Waals surface area contributed by atoms with Gasteiger partial charge >= 0.3 is 0 Å². The fourth-order valence-electron chi connectivity index (χ4n) is 2.28. The van der Waals surface area contributed by atoms with Crippen LogP contribution in [0.2, 0.25) is 0 Å². The third kappa shape index (κ3) is 3.40. The number of nitrogens with one attached hydrogen (secondary N) is 1. The summed E-state index contributed by atoms with van der Waals surface area (Å²) in [6.45, 7) is 2.09. The average molecular weight is 275 g/mol. The highest BCUT2D eigenvalue weighted by Gasteiger charge is 2.17. The summed E-state index contributed by atoms with van der Waals surface area (Å²) in [6.07, 6.45) is 4.27. The van der Waals surface area contributed by atoms with Crippen molar-refractivity contribution in [3.63, 3.8) is 0 Å². The fraction of sp³-hybridized carbons (Fsp3) is 0.429. The Bertz CT molecular complexity index is 554. The number of hydrazone groups is 1. The zero-order valence-electron chi connectivity index (χ0n) is 11.3. The van der Waals surface area contributed by atoms with Crippen molar-refractivity contribution in [3.05, 3.63) is 39.9 Å². The molecule has 1 aromatic rings. The molecular weight excluding hydrogens is 258 g/mol. The van der Waals surface area contributed by atoms with Gasteiger partial charge < -0.3 is 0 Å². The summed E-state index contributed by atoms with van der Waals surface area (Å²) < 4.78 is 0. The first kappa shape index (κ1) is 14.2. The van der Waals surface area contributed by atoms with Crippen molar-refractivity contribution < 1.29 is 9.72 Å². The lowest BCUT2D eigenvalue weighted by atomic mass is 9.89. The summed E-state index contributed by atoms with van der Waals surface area (Å²) in [5, 5.41) is 14.8. The molecule has 1 N–H and O–H groups in total. The van der Waals surface area contributed by atoms with E-state index in [2.05, 4.69) is 17.5 Å². The van der Waals surface area contributed by atoms with Crippen LogP contribution in [0.3, 0.4) is 0 Å². The minimum absolute atomic E-state index is 0.101. The summed E-state index contributed by atoms with van der Waals surface area (Å²) in [6, 6.07) is 5.63. The standard InChI is InChI=1S/C14H17N3O3/c1-10-5-2-3-8-13(10)15-16-14(18)11-6-4-7-12(9-11)17(19)20/h4,6-7,9-10H,2-3,5,8H2,1H3,(H,16,18)/b15-13-. The summed E-state index contributed by atoms with van der Waals surface area (Å²) in [4.78, 5) is 22.1. The number of rotatable bonds is 3. The van der Waals surface area contributed by atoms with Crippen LogP contribution in [0.4, 0.5) is 5.69 Å². The zero-order chi connectivity index (χ0) is 14.5. The van der Waals surface area contributed by atoms with E-state index in [0.29, 0.717) is 5.92 Å². The lowest BCUT2D eigenvalue weighted by Crippen LogP contribution is -2.24. The topological polar surface area (TPSA) is 84.6 Å². The molecule has 1 amide bonds. The van der Waals surface area contributed by atoms with Crippen LogP contribution in [0, 0.1) is 16.0 Å². The van der Waals surface area contributed by atoms with Gasteiger partial charge in [0.15, 0.2) is 0 Å². The maximum Gasteiger partial charge on any atom is 0.271 e. The van der Waals surface area contributed by atoms with Crippen LogP contribution in [0.5, 0.6) is 0 Å². The van der Waals surface area contributed by atoms with E-state index in [0.717, 1.165) is 25.0 Å². The number of non-ortho nitro benzene ring substituents is 1. The largest absolute Gasteiger partial charge is 0.271 e. The zero-order valence-corrected chi connectivity index (χ0v) is 11.3. The molecule has 1 saturated carbocycles. The van der Waals surface area contributed by atoms with Gasteiger partial charge in [-0.05, 0) is 31.2 Å². The van der Waals surface area contributed by atoms with Gasteiger partial charge in [0, 0.05) is 23.4 Å². The highest BCUT2D eigenvalue weighted by Crippen LogP contribution is 2.20. The van der Waals surface area contributed by atoms with E-state index < -0.39 is 10.8 Å². The monoisotopic (exact) mass is 275 g/mol. The first-order valence-corrected chi connectivity index (χ1v) is 6.69. The minimum Gasteiger partial charge on any atom is -0.267 e. The molecule has 1 aliphatic rings. The molecular formula is C14H17N3O3. The molecule has 0 heterocycles. The van der Waals surface area contributed by atoms with Crippen LogP contribution in [0.25, 0.3) is 0 Å². The highest BCUT2D eigenvalue weighted by molar-refractivity contribution is 5.96. The molecule has 20 heavy (non-hydrogen) atoms. The number of benzene rings is 1. The summed E-state index contributed by atoms with van der Waals surface area (Å²) in [5.41, 5.74) is 3.63. The van der Waals surface area contributed by atoms with E-state index in [-0.39, 0.29) is 11.3 Å². The van der Waals surface area contributed by atoms with Gasteiger partial charge in [0.1, 0.15) is 0 Å². The molecule has 6 nitrogen and oxygen atoms in total. The first-order valence-electron chi connectivity index (χ1n) is 6.69. The Balaban J connectivity index is 2.06. The maximum absolute atomic E-state index is 11.9. The van der Waals surface area contributed by atoms with E-state index in [1.807, 2.05) is 0 Å². The molecule has 0 bridgehead atoms. The molecule has 0 aliphatic heterocycles. The Morgan fingerprint density at radius 2 is 2.25 bits per heavy atom. The normalized spacial score (nSPS) is 20.6. The van der Waals surface area contributed by atoms with E-state index in [1.54, 1.807) is 0 Å². The molecule has 1 fully saturated rings. The lowest BCUT2D eigenvalue weighted by molar-refractivity contribution is -0.384. The molecule has 0 radical (unpaired) electrons. The molecule has 1 unspecified atom stereocenters. The van der Waals surface area contributed by atoms with E-state index in [4.69, 9.17) is 0 Å². The molecule has 1 atom stereocenters. The molecule has 1 aliphatic carbocycles. The second-order valence-corrected chi connectivity index (χ2v) is 5.00. The Morgan fingerprint density at radius 3 is 2.95 bits per heavy atom. The Morgan fingerprint density at radius 1 is 1.45 bits per heavy atom. The van der Waals surface area contributed by atoms with E-state index >= 15 is 0 Å². The third-order valence-corrected chi connectivity index (χ3v) is 3.51. The van der Waals surface area contributed by atoms with Gasteiger partial charge in [-0.2, -0.15) is 5.10 Å². The van der Waals surface area contributed by atoms with Crippen molar-refractivity contribution in [2.45, 2.75) is 32.6 Å². The van der Waals surface area contributed by atoms with Crippen LogP contribution in [-0.2, 0) is 0 Å². The van der Waals surface area contributed by atoms with E-state index in [1.165, 1.54) is 30.7 Å².